The van der Waals surface area contributed by atoms with E-state index in [0.717, 1.165) is 78.3 Å². The van der Waals surface area contributed by atoms with E-state index in [-0.39, 0.29) is 217 Å². The van der Waals surface area contributed by atoms with Crippen LogP contribution in [0.2, 0.25) is 0 Å². The predicted octanol–water partition coefficient (Wildman–Crippen LogP) is 5.88. The monoisotopic (exact) mass is 2100 g/mol. The Labute approximate surface area is 873 Å². The lowest BCUT2D eigenvalue weighted by Gasteiger charge is -2.56. The molecule has 0 spiro atoms. The number of urea groups is 1. The number of nitrogens with two attached hydrogens (primary N) is 2. The number of benzene rings is 4. The number of imide groups is 1. The van der Waals surface area contributed by atoms with Crippen molar-refractivity contribution in [1.29, 1.82) is 0 Å². The van der Waals surface area contributed by atoms with Crippen LogP contribution in [0.3, 0.4) is 0 Å². The quantitative estimate of drug-likeness (QED) is 0.00612. The smallest absolute Gasteiger partial charge is 0.312 e. The first-order valence-corrected chi connectivity index (χ1v) is 54.0. The highest BCUT2D eigenvalue weighted by Gasteiger charge is 2.59. The van der Waals surface area contributed by atoms with Gasteiger partial charge in [0.05, 0.1) is 153 Å². The van der Waals surface area contributed by atoms with Crippen molar-refractivity contribution >= 4 is 104 Å². The number of phenolic OH excluding ortho intramolecular Hbond substituents is 1. The minimum absolute atomic E-state index is 0.00125. The van der Waals surface area contributed by atoms with Crippen LogP contribution in [0.25, 0.3) is 0 Å². The fourth-order valence-corrected chi connectivity index (χ4v) is 21.4. The minimum Gasteiger partial charge on any atom is -0.508 e. The van der Waals surface area contributed by atoms with Gasteiger partial charge in [-0.1, -0.05) is 122 Å². The number of para-hydroxylation sites is 1. The second-order valence-electron chi connectivity index (χ2n) is 40.0. The maximum atomic E-state index is 15.0. The fraction of sp³-hybridized carbons (Fsp3) is 0.626. The van der Waals surface area contributed by atoms with Gasteiger partial charge in [-0.2, -0.15) is 13.5 Å². The summed E-state index contributed by atoms with van der Waals surface area (Å²) in [6, 6.07) is 19.7. The van der Waals surface area contributed by atoms with Gasteiger partial charge in [-0.05, 0) is 202 Å². The van der Waals surface area contributed by atoms with Crippen molar-refractivity contribution in [3.8, 4) is 17.6 Å². The molecule has 3 saturated carbocycles. The summed E-state index contributed by atoms with van der Waals surface area (Å²) in [5, 5.41) is 52.9. The molecule has 0 bridgehead atoms. The Bertz CT molecular complexity index is 5410. The highest BCUT2D eigenvalue weighted by molar-refractivity contribution is 7.85. The average Bonchev–Trinajstić information content (AvgIpc) is 0.717. The van der Waals surface area contributed by atoms with Crippen molar-refractivity contribution in [2.45, 2.75) is 243 Å². The third-order valence-corrected chi connectivity index (χ3v) is 29.8. The van der Waals surface area contributed by atoms with E-state index in [0.29, 0.717) is 113 Å². The van der Waals surface area contributed by atoms with E-state index in [2.05, 4.69) is 84.0 Å². The topological polar surface area (TPSA) is 583 Å². The normalized spacial score (nSPS) is 21.1. The number of amides is 13. The zero-order chi connectivity index (χ0) is 107. The Morgan fingerprint density at radius 1 is 0.503 bits per heavy atom. The van der Waals surface area contributed by atoms with Crippen LogP contribution in [0.4, 0.5) is 16.2 Å². The van der Waals surface area contributed by atoms with Crippen LogP contribution in [0, 0.1) is 40.4 Å². The zero-order valence-corrected chi connectivity index (χ0v) is 87.8. The highest BCUT2D eigenvalue weighted by atomic mass is 32.2. The summed E-state index contributed by atoms with van der Waals surface area (Å²) in [6.07, 6.45) is 10.3. The maximum Gasteiger partial charge on any atom is 0.312 e. The van der Waals surface area contributed by atoms with Gasteiger partial charge in [0.2, 0.25) is 65.0 Å². The Morgan fingerprint density at radius 2 is 1.03 bits per heavy atom. The zero-order valence-electron chi connectivity index (χ0n) is 87.0. The number of aliphatic imine (C=N–C) groups is 1. The number of phenols is 1. The van der Waals surface area contributed by atoms with Gasteiger partial charge in [0, 0.05) is 68.7 Å². The number of anilines is 2. The number of nitrogens with one attached hydrogen (secondary N) is 10. The molecule has 4 aromatic rings. The van der Waals surface area contributed by atoms with Gasteiger partial charge in [0.25, 0.3) is 10.1 Å². The molecule has 10 rings (SSSR count). The maximum absolute atomic E-state index is 15.0. The second kappa shape index (κ2) is 60.5. The molecular formula is C107H155N15O26S. The molecule has 149 heavy (non-hydrogen) atoms. The Hall–Kier alpha value is -11.5. The number of ether oxygens (including phenoxy) is 9. The number of rotatable bonds is 61. The SMILES string of the molecule is CC(C)[C@H](NC(=O)[C@@H](CCCCNC(=O)COC1CCCCCC(=NCCOCCOCCOCCOCCC(=O)NCCS(=O)(=O)O)C1=NN)NC(=O)CCOCCOCCOCCOCCNC(=O)CCC(=O)N1Cc2ccccc2C#Cc2ccccc21)C(=O)N[C@@H](CCCNC(N)=O)C(=O)N[C@@H](CO)C(=O)Nc1ccc2c(c1)[C@@]1(C)CCC[C@](C)(C(=O)NC(=O)[C@@]3(C)CCC[C@]4(C)c5cc(O)ccc5CC[C@@H]34)[C@@H]1CC2. The molecule has 5 aliphatic carbocycles. The molecule has 1 unspecified atom stereocenters. The van der Waals surface area contributed by atoms with Crippen LogP contribution in [-0.4, -0.2) is 293 Å². The van der Waals surface area contributed by atoms with Crippen LogP contribution in [0.15, 0.2) is 95.0 Å². The molecule has 13 amide bonds. The Balaban J connectivity index is 0.687. The third kappa shape index (κ3) is 36.7. The van der Waals surface area contributed by atoms with Crippen LogP contribution in [0.1, 0.15) is 222 Å². The Kier molecular flexibility index (Phi) is 48.5. The summed E-state index contributed by atoms with van der Waals surface area (Å²) in [6.45, 7) is 14.5. The molecule has 0 aromatic heterocycles. The number of aliphatic hydroxyl groups is 1. The number of aryl methyl sites for hydroxylation is 2. The molecule has 1 aliphatic heterocycles. The molecule has 1 heterocycles. The number of nitrogens with zero attached hydrogens (tertiary/aromatic N) is 3. The van der Waals surface area contributed by atoms with Crippen molar-refractivity contribution in [1.82, 2.24) is 47.9 Å². The molecule has 4 aromatic carbocycles. The van der Waals surface area contributed by atoms with Gasteiger partial charge in [0.1, 0.15) is 48.3 Å². The largest absolute Gasteiger partial charge is 0.508 e. The lowest BCUT2D eigenvalue weighted by atomic mass is 9.49. The number of hydrogen-bond donors (Lipinski definition) is 15. The molecule has 0 saturated heterocycles. The number of primary amides is 1. The molecule has 6 aliphatic rings. The average molecular weight is 2100 g/mol. The van der Waals surface area contributed by atoms with Gasteiger partial charge in [-0.25, -0.2) is 4.79 Å². The van der Waals surface area contributed by atoms with Gasteiger partial charge < -0.3 is 117 Å². The van der Waals surface area contributed by atoms with E-state index in [4.69, 9.17) is 63.8 Å². The predicted molar refractivity (Wildman–Crippen MR) is 556 cm³/mol. The summed E-state index contributed by atoms with van der Waals surface area (Å²) in [7, 11) is -4.17. The summed E-state index contributed by atoms with van der Waals surface area (Å²) in [4.78, 5) is 172. The van der Waals surface area contributed by atoms with E-state index in [1.54, 1.807) is 30.9 Å². The summed E-state index contributed by atoms with van der Waals surface area (Å²) < 4.78 is 81.5. The van der Waals surface area contributed by atoms with E-state index in [1.807, 2.05) is 86.6 Å². The summed E-state index contributed by atoms with van der Waals surface area (Å²) in [5.74, 6) is 5.27. The number of carbonyl (C=O) groups is 12. The molecule has 17 N–H and O–H groups in total. The van der Waals surface area contributed by atoms with Crippen LogP contribution in [0.5, 0.6) is 5.75 Å². The van der Waals surface area contributed by atoms with Crippen LogP contribution in [-0.2, 0) is 136 Å². The number of aliphatic hydroxyl groups excluding tert-OH is 1. The first-order chi connectivity index (χ1) is 71.6. The fourth-order valence-electron chi connectivity index (χ4n) is 21.1. The molecular weight excluding hydrogens is 1940 g/mol. The first-order valence-electron chi connectivity index (χ1n) is 52.3. The van der Waals surface area contributed by atoms with Crippen molar-refractivity contribution in [3.63, 3.8) is 0 Å². The van der Waals surface area contributed by atoms with Gasteiger partial charge in [0.15, 0.2) is 0 Å². The molecule has 42 heteroatoms. The van der Waals surface area contributed by atoms with Crippen LogP contribution < -0.4 is 69.6 Å². The molecule has 0 radical (unpaired) electrons. The number of unbranched alkanes of at least 4 members (excludes halogenated alkanes) is 1. The first kappa shape index (κ1) is 119. The van der Waals surface area contributed by atoms with Crippen molar-refractivity contribution < 1.29 is 123 Å². The van der Waals surface area contributed by atoms with Gasteiger partial charge in [-0.3, -0.25) is 67.6 Å². The Morgan fingerprint density at radius 3 is 1.65 bits per heavy atom. The number of fused-ring (bicyclic) bond motifs is 8. The van der Waals surface area contributed by atoms with Crippen molar-refractivity contribution in [3.05, 3.63) is 124 Å². The van der Waals surface area contributed by atoms with Gasteiger partial charge >= 0.3 is 6.03 Å². The van der Waals surface area contributed by atoms with E-state index in [9.17, 15) is 71.4 Å². The number of hydrazone groups is 1. The van der Waals surface area contributed by atoms with Gasteiger partial charge in [-0.15, -0.1) is 0 Å². The van der Waals surface area contributed by atoms with Crippen molar-refractivity contribution in [2.24, 2.45) is 50.3 Å². The number of aromatic hydroxyl groups is 1. The summed E-state index contributed by atoms with van der Waals surface area (Å²) >= 11 is 0. The lowest BCUT2D eigenvalue weighted by molar-refractivity contribution is -0.150. The standard InChI is InChI=1S/C107H155N15O26S/c1-72(2)95(100(133)117-84(24-16-46-114-103(108)136)97(130)118-85(70-123)99(132)115-78-33-29-74-31-35-88-104(3,80(74)67-78)41-17-43-106(88,5)101(134)120-102(135)107(6)44-18-42-105(4)81-68-79(124)34-30-75(81)32-36-89(105)107)119-98(131)83(116-92(127)40-51-141-55-59-145-63-65-147-61-57-143-53-48-112-90(125)37-38-94(129)122-69-77-21-11-10-19-73(77)27-28-76-20-12-13-25-86(76)122)23-14-15-45-111-93(128)71-148-87-26-9-7-8-22-82(96(87)121-109)110-47-52-142-56-60-146-64-62-144-58-54-140-50-39-91(126)113-49-66-149(137,138)139/h10-13,19-21,25,29-30,33-34,67-68,72,83-85,87-89,95,123-124H,7-9,14-18,22-24,26,31-32,35-66,69-71,109H2,1-6H3,(H,111,128)(H,112,125)(H,113,126)(H,115,132)(H,116,127)(H,117,133)(H,118,130)(H,119,131)(H3,108,114,136)(H,120,134,135)(H,137,138,139)/t83-,84+,85+,87?,88-,89-,95+,104-,105-,106+,107+/m1/s1. The second-order valence-corrected chi connectivity index (χ2v) is 41.6. The third-order valence-electron chi connectivity index (χ3n) is 29.0. The summed E-state index contributed by atoms with van der Waals surface area (Å²) in [5.41, 5.74) is 11.4. The van der Waals surface area contributed by atoms with Crippen LogP contribution >= 0.6 is 0 Å². The molecule has 3 fully saturated rings. The number of carbonyl (C=O) groups excluding carboxylic acids is 12. The molecule has 41 nitrogen and oxygen atoms in total. The van der Waals surface area contributed by atoms with E-state index in [1.165, 1.54) is 5.56 Å². The van der Waals surface area contributed by atoms with E-state index >= 15 is 4.79 Å². The highest BCUT2D eigenvalue weighted by Crippen LogP contribution is 2.60. The lowest BCUT2D eigenvalue weighted by Crippen LogP contribution is -2.60. The number of hydrogen-bond acceptors (Lipinski definition) is 28. The van der Waals surface area contributed by atoms with E-state index < -0.39 is 122 Å². The van der Waals surface area contributed by atoms with Crippen molar-refractivity contribution in [2.75, 3.05) is 168 Å². The minimum atomic E-state index is -4.17. The molecule has 11 atom stereocenters. The molecule has 820 valence electrons.